The first-order valence-electron chi connectivity index (χ1n) is 7.72. The number of aromatic amines is 1. The molecule has 124 valence electrons. The lowest BCUT2D eigenvalue weighted by Gasteiger charge is -2.19. The molecular weight excluding hydrogens is 304 g/mol. The number of hydrogen-bond donors (Lipinski definition) is 1. The Labute approximate surface area is 141 Å². The third-order valence-electron chi connectivity index (χ3n) is 3.19. The molecule has 0 spiro atoms. The van der Waals surface area contributed by atoms with Gasteiger partial charge < -0.3 is 9.72 Å². The highest BCUT2D eigenvalue weighted by Crippen LogP contribution is 2.21. The van der Waals surface area contributed by atoms with Crippen molar-refractivity contribution in [2.24, 2.45) is 0 Å². The number of rotatable bonds is 3. The van der Waals surface area contributed by atoms with E-state index in [9.17, 15) is 9.59 Å². The van der Waals surface area contributed by atoms with Crippen LogP contribution in [0.4, 0.5) is 0 Å². The standard InChI is InChI=1S/C19H20N2O3/c1-5-14-15(10-9-13-8-6-7-11-20-13)16(12-22)21-17(14)18(23)24-19(2,3)4/h6-8,11-12,21H,5H2,1-4H3. The van der Waals surface area contributed by atoms with Crippen molar-refractivity contribution in [1.29, 1.82) is 0 Å². The Hall–Kier alpha value is -2.87. The summed E-state index contributed by atoms with van der Waals surface area (Å²) in [6.45, 7) is 7.28. The maximum absolute atomic E-state index is 12.4. The summed E-state index contributed by atoms with van der Waals surface area (Å²) in [6, 6.07) is 5.42. The largest absolute Gasteiger partial charge is 0.455 e. The van der Waals surface area contributed by atoms with Crippen LogP contribution in [0.25, 0.3) is 0 Å². The zero-order valence-electron chi connectivity index (χ0n) is 14.3. The Balaban J connectivity index is 2.47. The Morgan fingerprint density at radius 1 is 1.33 bits per heavy atom. The third-order valence-corrected chi connectivity index (χ3v) is 3.19. The van der Waals surface area contributed by atoms with E-state index >= 15 is 0 Å². The van der Waals surface area contributed by atoms with Crippen molar-refractivity contribution in [2.45, 2.75) is 39.7 Å². The minimum absolute atomic E-state index is 0.274. The zero-order valence-corrected chi connectivity index (χ0v) is 14.3. The molecule has 0 bridgehead atoms. The first-order chi connectivity index (χ1) is 11.4. The molecule has 0 atom stereocenters. The molecule has 2 heterocycles. The fourth-order valence-electron chi connectivity index (χ4n) is 2.21. The lowest BCUT2D eigenvalue weighted by Crippen LogP contribution is -2.24. The maximum atomic E-state index is 12.4. The van der Waals surface area contributed by atoms with Gasteiger partial charge in [-0.25, -0.2) is 9.78 Å². The predicted molar refractivity (Wildman–Crippen MR) is 90.9 cm³/mol. The number of nitrogens with zero attached hydrogens (tertiary/aromatic N) is 1. The minimum atomic E-state index is -0.617. The smallest absolute Gasteiger partial charge is 0.355 e. The number of H-pyrrole nitrogens is 1. The van der Waals surface area contributed by atoms with Gasteiger partial charge in [-0.3, -0.25) is 4.79 Å². The second-order valence-electron chi connectivity index (χ2n) is 6.21. The van der Waals surface area contributed by atoms with Gasteiger partial charge in [-0.2, -0.15) is 0 Å². The van der Waals surface area contributed by atoms with Crippen molar-refractivity contribution in [2.75, 3.05) is 0 Å². The quantitative estimate of drug-likeness (QED) is 0.535. The Bertz CT molecular complexity index is 803. The van der Waals surface area contributed by atoms with Crippen LogP contribution in [0.2, 0.25) is 0 Å². The van der Waals surface area contributed by atoms with E-state index in [1.54, 1.807) is 39.1 Å². The second kappa shape index (κ2) is 7.14. The number of aldehydes is 1. The summed E-state index contributed by atoms with van der Waals surface area (Å²) < 4.78 is 5.40. The van der Waals surface area contributed by atoms with E-state index < -0.39 is 11.6 Å². The number of carbonyl (C=O) groups is 2. The van der Waals surface area contributed by atoms with Gasteiger partial charge in [0, 0.05) is 11.8 Å². The van der Waals surface area contributed by atoms with E-state index in [-0.39, 0.29) is 11.4 Å². The van der Waals surface area contributed by atoms with Crippen molar-refractivity contribution in [3.63, 3.8) is 0 Å². The van der Waals surface area contributed by atoms with Gasteiger partial charge in [0.2, 0.25) is 0 Å². The van der Waals surface area contributed by atoms with Crippen molar-refractivity contribution < 1.29 is 14.3 Å². The molecule has 5 nitrogen and oxygen atoms in total. The van der Waals surface area contributed by atoms with E-state index in [0.717, 1.165) is 0 Å². The second-order valence-corrected chi connectivity index (χ2v) is 6.21. The van der Waals surface area contributed by atoms with E-state index in [1.165, 1.54) is 0 Å². The van der Waals surface area contributed by atoms with Gasteiger partial charge in [0.15, 0.2) is 6.29 Å². The molecule has 0 saturated heterocycles. The summed E-state index contributed by atoms with van der Waals surface area (Å²) >= 11 is 0. The van der Waals surface area contributed by atoms with Crippen molar-refractivity contribution in [3.8, 4) is 11.8 Å². The summed E-state index contributed by atoms with van der Waals surface area (Å²) in [6.07, 6.45) is 2.86. The molecule has 0 fully saturated rings. The van der Waals surface area contributed by atoms with Crippen LogP contribution in [0.5, 0.6) is 0 Å². The van der Waals surface area contributed by atoms with Crippen molar-refractivity contribution in [3.05, 3.63) is 52.6 Å². The number of hydrogen-bond acceptors (Lipinski definition) is 4. The predicted octanol–water partition coefficient (Wildman–Crippen LogP) is 3.14. The van der Waals surface area contributed by atoms with Crippen LogP contribution < -0.4 is 0 Å². The van der Waals surface area contributed by atoms with Gasteiger partial charge in [0.1, 0.15) is 17.0 Å². The zero-order chi connectivity index (χ0) is 17.7. The third kappa shape index (κ3) is 4.11. The van der Waals surface area contributed by atoms with Crippen molar-refractivity contribution >= 4 is 12.3 Å². The van der Waals surface area contributed by atoms with Crippen LogP contribution in [0, 0.1) is 11.8 Å². The highest BCUT2D eigenvalue weighted by atomic mass is 16.6. The van der Waals surface area contributed by atoms with Crippen LogP contribution in [0.3, 0.4) is 0 Å². The monoisotopic (exact) mass is 324 g/mol. The van der Waals surface area contributed by atoms with Gasteiger partial charge in [-0.15, -0.1) is 0 Å². The van der Waals surface area contributed by atoms with Crippen molar-refractivity contribution in [1.82, 2.24) is 9.97 Å². The SMILES string of the molecule is CCc1c(C(=O)OC(C)(C)C)[nH]c(C=O)c1C#Cc1ccccn1. The lowest BCUT2D eigenvalue weighted by molar-refractivity contribution is 0.00624. The molecule has 0 aliphatic carbocycles. The molecule has 0 amide bonds. The molecule has 0 unspecified atom stereocenters. The molecule has 2 aromatic heterocycles. The minimum Gasteiger partial charge on any atom is -0.455 e. The average molecular weight is 324 g/mol. The van der Waals surface area contributed by atoms with Gasteiger partial charge in [0.25, 0.3) is 0 Å². The number of carbonyl (C=O) groups excluding carboxylic acids is 2. The molecule has 5 heteroatoms. The molecule has 0 aromatic carbocycles. The van der Waals surface area contributed by atoms with E-state index in [4.69, 9.17) is 4.74 Å². The molecule has 0 radical (unpaired) electrons. The van der Waals surface area contributed by atoms with Gasteiger partial charge in [0.05, 0.1) is 11.3 Å². The molecule has 24 heavy (non-hydrogen) atoms. The van der Waals surface area contributed by atoms with Crippen LogP contribution in [0.15, 0.2) is 24.4 Å². The molecule has 0 saturated carbocycles. The lowest BCUT2D eigenvalue weighted by atomic mass is 10.1. The summed E-state index contributed by atoms with van der Waals surface area (Å²) in [5.41, 5.74) is 1.72. The number of pyridine rings is 1. The average Bonchev–Trinajstić information content (AvgIpc) is 2.90. The summed E-state index contributed by atoms with van der Waals surface area (Å²) in [4.78, 5) is 30.7. The fraction of sp³-hybridized carbons (Fsp3) is 0.316. The Morgan fingerprint density at radius 2 is 2.08 bits per heavy atom. The molecule has 2 rings (SSSR count). The molecule has 1 N–H and O–H groups in total. The molecular formula is C19H20N2O3. The molecule has 2 aromatic rings. The van der Waals surface area contributed by atoms with Gasteiger partial charge in [-0.1, -0.05) is 18.9 Å². The number of nitrogens with one attached hydrogen (secondary N) is 1. The van der Waals surface area contributed by atoms with E-state index in [2.05, 4.69) is 21.8 Å². The van der Waals surface area contributed by atoms with Gasteiger partial charge in [-0.05, 0) is 45.2 Å². The van der Waals surface area contributed by atoms with Gasteiger partial charge >= 0.3 is 5.97 Å². The number of esters is 1. The fourth-order valence-corrected chi connectivity index (χ4v) is 2.21. The van der Waals surface area contributed by atoms with Crippen LogP contribution in [-0.2, 0) is 11.2 Å². The first-order valence-corrected chi connectivity index (χ1v) is 7.72. The number of aromatic nitrogens is 2. The van der Waals surface area contributed by atoms with Crippen LogP contribution >= 0.6 is 0 Å². The molecule has 0 aliphatic heterocycles. The Morgan fingerprint density at radius 3 is 2.62 bits per heavy atom. The summed E-state index contributed by atoms with van der Waals surface area (Å²) in [5, 5.41) is 0. The maximum Gasteiger partial charge on any atom is 0.355 e. The van der Waals surface area contributed by atoms with E-state index in [0.29, 0.717) is 29.5 Å². The van der Waals surface area contributed by atoms with E-state index in [1.807, 2.05) is 13.0 Å². The highest BCUT2D eigenvalue weighted by Gasteiger charge is 2.24. The number of ether oxygens (including phenoxy) is 1. The topological polar surface area (TPSA) is 72.1 Å². The normalized spacial score (nSPS) is 10.7. The van der Waals surface area contributed by atoms with Crippen LogP contribution in [-0.4, -0.2) is 27.8 Å². The molecule has 0 aliphatic rings. The highest BCUT2D eigenvalue weighted by molar-refractivity contribution is 5.93. The van der Waals surface area contributed by atoms with Crippen LogP contribution in [0.1, 0.15) is 65.5 Å². The summed E-state index contributed by atoms with van der Waals surface area (Å²) in [5.74, 6) is 5.38. The Kier molecular flexibility index (Phi) is 5.20. The first kappa shape index (κ1) is 17.5. The summed E-state index contributed by atoms with van der Waals surface area (Å²) in [7, 11) is 0.